The average Bonchev–Trinajstić information content (AvgIpc) is 3.44. The molecule has 12 unspecified atom stereocenters. The van der Waals surface area contributed by atoms with Gasteiger partial charge in [0.15, 0.2) is 12.6 Å². The molecule has 14 nitrogen and oxygen atoms in total. The topological polar surface area (TPSA) is 228 Å². The van der Waals surface area contributed by atoms with Crippen LogP contribution in [0.25, 0.3) is 0 Å². The van der Waals surface area contributed by atoms with Crippen LogP contribution >= 0.6 is 0 Å². The third-order valence-electron chi connectivity index (χ3n) is 15.3. The number of allylic oxidation sites excluding steroid dienone is 8. The third kappa shape index (κ3) is 34.1. The van der Waals surface area contributed by atoms with Crippen molar-refractivity contribution in [2.24, 2.45) is 0 Å². The Bertz CT molecular complexity index is 1480. The second-order valence-corrected chi connectivity index (χ2v) is 22.2. The monoisotopic (exact) mass is 1090 g/mol. The van der Waals surface area contributed by atoms with E-state index in [2.05, 4.69) is 67.8 Å². The van der Waals surface area contributed by atoms with Crippen LogP contribution in [0, 0.1) is 0 Å². The number of ether oxygens (including phenoxy) is 4. The summed E-state index contributed by atoms with van der Waals surface area (Å²) >= 11 is 0. The highest BCUT2D eigenvalue weighted by molar-refractivity contribution is 5.76. The molecule has 2 rings (SSSR count). The zero-order chi connectivity index (χ0) is 56.0. The minimum Gasteiger partial charge on any atom is -0.394 e. The zero-order valence-corrected chi connectivity index (χ0v) is 48.5. The van der Waals surface area contributed by atoms with E-state index in [1.807, 2.05) is 0 Å². The fourth-order valence-corrected chi connectivity index (χ4v) is 10.3. The predicted molar refractivity (Wildman–Crippen MR) is 309 cm³/mol. The van der Waals surface area contributed by atoms with Crippen molar-refractivity contribution in [3.63, 3.8) is 0 Å². The Morgan fingerprint density at radius 2 is 0.896 bits per heavy atom. The van der Waals surface area contributed by atoms with Gasteiger partial charge in [0.05, 0.1) is 32.0 Å². The molecule has 0 saturated carbocycles. The lowest BCUT2D eigenvalue weighted by Crippen LogP contribution is -2.65. The summed E-state index contributed by atoms with van der Waals surface area (Å²) in [5, 5.41) is 87.3. The van der Waals surface area contributed by atoms with Gasteiger partial charge in [-0.2, -0.15) is 0 Å². The van der Waals surface area contributed by atoms with E-state index < -0.39 is 86.8 Å². The van der Waals surface area contributed by atoms with Gasteiger partial charge in [0, 0.05) is 6.42 Å². The minimum atomic E-state index is -1.79. The number of carbonyl (C=O) groups excluding carboxylic acids is 1. The molecule has 0 bridgehead atoms. The van der Waals surface area contributed by atoms with Crippen LogP contribution < -0.4 is 5.32 Å². The number of rotatable bonds is 50. The normalized spacial score (nSPS) is 25.0. The molecule has 12 atom stereocenters. The SMILES string of the molecule is CC/C=C\C/C=C\C/C=C\C/C=C\CCCCCCC(=O)NC(COC1OC(CO)C(OC2OC(CO)C(O)C(O)C2O)C(O)C1O)C(O)CCCCCCCCCCCCCCCCCCCCCCCCCCCC. The molecule has 1 amide bonds. The van der Waals surface area contributed by atoms with Crippen molar-refractivity contribution in [1.29, 1.82) is 0 Å². The highest BCUT2D eigenvalue weighted by Gasteiger charge is 2.51. The smallest absolute Gasteiger partial charge is 0.220 e. The van der Waals surface area contributed by atoms with Gasteiger partial charge in [0.25, 0.3) is 0 Å². The van der Waals surface area contributed by atoms with Crippen molar-refractivity contribution in [1.82, 2.24) is 5.32 Å². The predicted octanol–water partition coefficient (Wildman–Crippen LogP) is 11.2. The molecule has 0 spiro atoms. The van der Waals surface area contributed by atoms with E-state index in [0.717, 1.165) is 77.0 Å². The first-order chi connectivity index (χ1) is 37.6. The van der Waals surface area contributed by atoms with Gasteiger partial charge in [-0.25, -0.2) is 0 Å². The van der Waals surface area contributed by atoms with Gasteiger partial charge in [0.2, 0.25) is 5.91 Å². The first-order valence-electron chi connectivity index (χ1n) is 31.4. The molecule has 2 fully saturated rings. The summed E-state index contributed by atoms with van der Waals surface area (Å²) in [4.78, 5) is 13.3. The van der Waals surface area contributed by atoms with E-state index in [4.69, 9.17) is 18.9 Å². The van der Waals surface area contributed by atoms with E-state index in [1.165, 1.54) is 141 Å². The van der Waals surface area contributed by atoms with Crippen molar-refractivity contribution in [2.45, 2.75) is 325 Å². The van der Waals surface area contributed by atoms with E-state index >= 15 is 0 Å². The number of amides is 1. The highest BCUT2D eigenvalue weighted by atomic mass is 16.7. The quantitative estimate of drug-likeness (QED) is 0.0204. The number of unbranched alkanes of at least 4 members (excludes halogenated alkanes) is 29. The largest absolute Gasteiger partial charge is 0.394 e. The molecular formula is C63H115NO13. The molecule has 2 aliphatic rings. The zero-order valence-electron chi connectivity index (χ0n) is 48.5. The summed E-state index contributed by atoms with van der Waals surface area (Å²) in [6.07, 6.45) is 44.0. The maximum atomic E-state index is 13.3. The van der Waals surface area contributed by atoms with Crippen LogP contribution in [0.4, 0.5) is 0 Å². The molecule has 2 heterocycles. The standard InChI is InChI=1S/C63H115NO13/c1-3-5-7-9-11-13-15-17-19-21-22-23-24-25-26-27-28-29-31-32-34-36-38-40-42-44-46-52(67)51(64-55(68)47-45-43-41-39-37-35-33-30-20-18-16-14-12-10-8-6-4-2)50-74-62-60(73)58(71)61(54(49-66)76-62)77-63-59(72)57(70)56(69)53(48-65)75-63/h6,8,12,14,18,20,33,35,51-54,56-63,65-67,69-73H,3-5,7,9-11,13,15-17,19,21-32,34,36-50H2,1-2H3,(H,64,68)/b8-6-,14-12-,20-18-,35-33-. The van der Waals surface area contributed by atoms with Crippen molar-refractivity contribution < 1.29 is 64.6 Å². The van der Waals surface area contributed by atoms with Crippen molar-refractivity contribution in [3.8, 4) is 0 Å². The maximum Gasteiger partial charge on any atom is 0.220 e. The molecule has 77 heavy (non-hydrogen) atoms. The van der Waals surface area contributed by atoms with Crippen LogP contribution in [-0.2, 0) is 23.7 Å². The number of hydrogen-bond donors (Lipinski definition) is 9. The minimum absolute atomic E-state index is 0.229. The molecule has 2 saturated heterocycles. The van der Waals surface area contributed by atoms with E-state index in [-0.39, 0.29) is 18.9 Å². The molecule has 0 aromatic heterocycles. The Hall–Kier alpha value is -2.05. The second kappa shape index (κ2) is 48.6. The summed E-state index contributed by atoms with van der Waals surface area (Å²) in [6, 6.07) is -0.844. The van der Waals surface area contributed by atoms with Gasteiger partial charge in [-0.3, -0.25) is 4.79 Å². The molecule has 9 N–H and O–H groups in total. The highest BCUT2D eigenvalue weighted by Crippen LogP contribution is 2.30. The van der Waals surface area contributed by atoms with Gasteiger partial charge in [-0.05, 0) is 51.4 Å². The molecular weight excluding hydrogens is 979 g/mol. The lowest BCUT2D eigenvalue weighted by molar-refractivity contribution is -0.359. The molecule has 14 heteroatoms. The summed E-state index contributed by atoms with van der Waals surface area (Å²) in [5.41, 5.74) is 0. The number of aliphatic hydroxyl groups is 8. The maximum absolute atomic E-state index is 13.3. The number of nitrogens with one attached hydrogen (secondary N) is 1. The molecule has 2 aliphatic heterocycles. The van der Waals surface area contributed by atoms with E-state index in [9.17, 15) is 45.6 Å². The van der Waals surface area contributed by atoms with Crippen LogP contribution in [0.15, 0.2) is 48.6 Å². The Morgan fingerprint density at radius 3 is 1.38 bits per heavy atom. The summed E-state index contributed by atoms with van der Waals surface area (Å²) in [7, 11) is 0. The van der Waals surface area contributed by atoms with Crippen molar-refractivity contribution >= 4 is 5.91 Å². The Balaban J connectivity index is 1.72. The Labute approximate surface area is 467 Å². The number of aliphatic hydroxyl groups excluding tert-OH is 8. The van der Waals surface area contributed by atoms with Crippen molar-refractivity contribution in [2.75, 3.05) is 19.8 Å². The van der Waals surface area contributed by atoms with Crippen LogP contribution in [0.1, 0.15) is 251 Å². The fraction of sp³-hybridized carbons (Fsp3) is 0.857. The van der Waals surface area contributed by atoms with Crippen LogP contribution in [-0.4, -0.2) is 140 Å². The van der Waals surface area contributed by atoms with Gasteiger partial charge in [-0.1, -0.05) is 242 Å². The Morgan fingerprint density at radius 1 is 0.481 bits per heavy atom. The van der Waals surface area contributed by atoms with Gasteiger partial charge >= 0.3 is 0 Å². The number of carbonyl (C=O) groups is 1. The molecule has 450 valence electrons. The van der Waals surface area contributed by atoms with Gasteiger partial charge < -0.3 is 65.1 Å². The lowest BCUT2D eigenvalue weighted by atomic mass is 9.97. The fourth-order valence-electron chi connectivity index (χ4n) is 10.3. The molecule has 0 aliphatic carbocycles. The third-order valence-corrected chi connectivity index (χ3v) is 15.3. The summed E-state index contributed by atoms with van der Waals surface area (Å²) in [6.45, 7) is 2.75. The number of hydrogen-bond acceptors (Lipinski definition) is 13. The molecule has 0 radical (unpaired) electrons. The average molecular weight is 1090 g/mol. The molecule has 0 aromatic rings. The first-order valence-corrected chi connectivity index (χ1v) is 31.4. The van der Waals surface area contributed by atoms with Gasteiger partial charge in [0.1, 0.15) is 48.8 Å². The summed E-state index contributed by atoms with van der Waals surface area (Å²) < 4.78 is 22.8. The van der Waals surface area contributed by atoms with Crippen LogP contribution in [0.2, 0.25) is 0 Å². The van der Waals surface area contributed by atoms with Crippen LogP contribution in [0.3, 0.4) is 0 Å². The van der Waals surface area contributed by atoms with E-state index in [1.54, 1.807) is 0 Å². The van der Waals surface area contributed by atoms with Crippen LogP contribution in [0.5, 0.6) is 0 Å². The first kappa shape index (κ1) is 71.1. The lowest BCUT2D eigenvalue weighted by Gasteiger charge is -2.46. The Kier molecular flexibility index (Phi) is 44.9. The summed E-state index contributed by atoms with van der Waals surface area (Å²) in [5.74, 6) is -0.229. The second-order valence-electron chi connectivity index (χ2n) is 22.2. The van der Waals surface area contributed by atoms with Gasteiger partial charge in [-0.15, -0.1) is 0 Å². The van der Waals surface area contributed by atoms with Crippen molar-refractivity contribution in [3.05, 3.63) is 48.6 Å². The van der Waals surface area contributed by atoms with E-state index in [0.29, 0.717) is 12.8 Å². The molecule has 0 aromatic carbocycles.